The SMILES string of the molecule is Cc1ccc(NC(=O)CCS(=O)(=O)c2cc3c(cc2C)NC(=O)CO3)cc1C. The number of hydrogen-bond donors (Lipinski definition) is 2. The maximum absolute atomic E-state index is 12.7. The van der Waals surface area contributed by atoms with Gasteiger partial charge in [-0.2, -0.15) is 0 Å². The summed E-state index contributed by atoms with van der Waals surface area (Å²) in [5, 5.41) is 5.37. The molecule has 0 radical (unpaired) electrons. The number of carbonyl (C=O) groups is 2. The Morgan fingerprint density at radius 2 is 1.86 bits per heavy atom. The first kappa shape index (κ1) is 19.9. The number of sulfone groups is 1. The van der Waals surface area contributed by atoms with Crippen molar-refractivity contribution < 1.29 is 22.7 Å². The van der Waals surface area contributed by atoms with Crippen LogP contribution in [0.15, 0.2) is 35.2 Å². The third-order valence-corrected chi connectivity index (χ3v) is 6.49. The maximum Gasteiger partial charge on any atom is 0.262 e. The normalized spacial score (nSPS) is 13.3. The smallest absolute Gasteiger partial charge is 0.262 e. The average molecular weight is 402 g/mol. The first-order chi connectivity index (χ1) is 13.2. The molecule has 1 heterocycles. The predicted molar refractivity (Wildman–Crippen MR) is 107 cm³/mol. The van der Waals surface area contributed by atoms with Crippen molar-refractivity contribution in [3.8, 4) is 5.75 Å². The van der Waals surface area contributed by atoms with Crippen molar-refractivity contribution in [2.75, 3.05) is 23.0 Å². The van der Waals surface area contributed by atoms with Crippen LogP contribution in [0.3, 0.4) is 0 Å². The highest BCUT2D eigenvalue weighted by molar-refractivity contribution is 7.91. The maximum atomic E-state index is 12.7. The number of rotatable bonds is 5. The van der Waals surface area contributed by atoms with Crippen LogP contribution in [0.5, 0.6) is 5.75 Å². The first-order valence-electron chi connectivity index (χ1n) is 8.83. The summed E-state index contributed by atoms with van der Waals surface area (Å²) in [6.45, 7) is 5.40. The fourth-order valence-corrected chi connectivity index (χ4v) is 4.44. The lowest BCUT2D eigenvalue weighted by Crippen LogP contribution is -2.26. The molecule has 0 aromatic heterocycles. The number of hydrogen-bond acceptors (Lipinski definition) is 5. The largest absolute Gasteiger partial charge is 0.482 e. The highest BCUT2D eigenvalue weighted by Gasteiger charge is 2.24. The standard InChI is InChI=1S/C20H22N2O5S/c1-12-4-5-15(8-13(12)2)21-19(23)6-7-28(25,26)18-10-17-16(9-14(18)3)22-20(24)11-27-17/h4-5,8-10H,6-7,11H2,1-3H3,(H,21,23)(H,22,24). The minimum absolute atomic E-state index is 0.0985. The molecule has 3 rings (SSSR count). The second-order valence-electron chi connectivity index (χ2n) is 6.87. The van der Waals surface area contributed by atoms with E-state index >= 15 is 0 Å². The number of ether oxygens (including phenoxy) is 1. The van der Waals surface area contributed by atoms with E-state index in [9.17, 15) is 18.0 Å². The lowest BCUT2D eigenvalue weighted by Gasteiger charge is -2.20. The number of fused-ring (bicyclic) bond motifs is 1. The van der Waals surface area contributed by atoms with E-state index < -0.39 is 9.84 Å². The van der Waals surface area contributed by atoms with Gasteiger partial charge < -0.3 is 15.4 Å². The third-order valence-electron chi connectivity index (χ3n) is 4.63. The van der Waals surface area contributed by atoms with Crippen molar-refractivity contribution in [3.63, 3.8) is 0 Å². The summed E-state index contributed by atoms with van der Waals surface area (Å²) in [6.07, 6.45) is -0.163. The number of aryl methyl sites for hydroxylation is 3. The highest BCUT2D eigenvalue weighted by Crippen LogP contribution is 2.33. The summed E-state index contributed by atoms with van der Waals surface area (Å²) in [5.74, 6) is -0.671. The van der Waals surface area contributed by atoms with Crippen LogP contribution in [0.4, 0.5) is 11.4 Å². The molecule has 148 valence electrons. The molecular weight excluding hydrogens is 380 g/mol. The van der Waals surface area contributed by atoms with Crippen LogP contribution >= 0.6 is 0 Å². The predicted octanol–water partition coefficient (Wildman–Crippen LogP) is 2.75. The molecule has 0 unspecified atom stereocenters. The molecule has 1 aliphatic heterocycles. The fourth-order valence-electron chi connectivity index (χ4n) is 2.93. The summed E-state index contributed by atoms with van der Waals surface area (Å²) < 4.78 is 30.8. The van der Waals surface area contributed by atoms with Gasteiger partial charge in [-0.15, -0.1) is 0 Å². The van der Waals surface area contributed by atoms with Gasteiger partial charge in [-0.25, -0.2) is 8.42 Å². The van der Waals surface area contributed by atoms with Crippen molar-refractivity contribution in [1.29, 1.82) is 0 Å². The number of amides is 2. The molecule has 0 spiro atoms. The molecule has 28 heavy (non-hydrogen) atoms. The fraction of sp³-hybridized carbons (Fsp3) is 0.300. The Morgan fingerprint density at radius 3 is 2.57 bits per heavy atom. The number of benzene rings is 2. The molecule has 2 amide bonds. The number of anilines is 2. The van der Waals surface area contributed by atoms with Crippen LogP contribution in [-0.2, 0) is 19.4 Å². The van der Waals surface area contributed by atoms with Gasteiger partial charge in [-0.05, 0) is 55.7 Å². The van der Waals surface area contributed by atoms with Gasteiger partial charge in [0.05, 0.1) is 16.3 Å². The van der Waals surface area contributed by atoms with Crippen molar-refractivity contribution in [1.82, 2.24) is 0 Å². The molecule has 0 saturated heterocycles. The zero-order chi connectivity index (χ0) is 20.5. The number of carbonyl (C=O) groups excluding carboxylic acids is 2. The van der Waals surface area contributed by atoms with Gasteiger partial charge in [0.15, 0.2) is 16.4 Å². The van der Waals surface area contributed by atoms with Gasteiger partial charge in [0.2, 0.25) is 5.91 Å². The Bertz CT molecular complexity index is 1060. The van der Waals surface area contributed by atoms with E-state index in [4.69, 9.17) is 4.74 Å². The van der Waals surface area contributed by atoms with E-state index in [0.29, 0.717) is 22.7 Å². The van der Waals surface area contributed by atoms with Gasteiger partial charge in [0.1, 0.15) is 5.75 Å². The van der Waals surface area contributed by atoms with E-state index in [2.05, 4.69) is 10.6 Å². The van der Waals surface area contributed by atoms with Crippen molar-refractivity contribution in [2.24, 2.45) is 0 Å². The van der Waals surface area contributed by atoms with Gasteiger partial charge >= 0.3 is 0 Å². The molecule has 2 aromatic carbocycles. The monoisotopic (exact) mass is 402 g/mol. The Balaban J connectivity index is 1.70. The summed E-state index contributed by atoms with van der Waals surface area (Å²) in [6, 6.07) is 8.50. The van der Waals surface area contributed by atoms with Crippen LogP contribution in [-0.4, -0.2) is 32.6 Å². The van der Waals surface area contributed by atoms with Crippen LogP contribution in [0.25, 0.3) is 0 Å². The zero-order valence-corrected chi connectivity index (χ0v) is 16.8. The lowest BCUT2D eigenvalue weighted by atomic mass is 10.1. The number of nitrogens with one attached hydrogen (secondary N) is 2. The Hall–Kier alpha value is -2.87. The second-order valence-corrected chi connectivity index (χ2v) is 8.94. The Morgan fingerprint density at radius 1 is 1.11 bits per heavy atom. The molecule has 7 nitrogen and oxygen atoms in total. The molecule has 0 bridgehead atoms. The van der Waals surface area contributed by atoms with Crippen LogP contribution in [0, 0.1) is 20.8 Å². The quantitative estimate of drug-likeness (QED) is 0.801. The molecule has 0 atom stereocenters. The molecule has 2 N–H and O–H groups in total. The molecule has 0 saturated carbocycles. The van der Waals surface area contributed by atoms with E-state index in [1.54, 1.807) is 19.1 Å². The summed E-state index contributed by atoms with van der Waals surface area (Å²) in [4.78, 5) is 23.7. The molecular formula is C20H22N2O5S. The highest BCUT2D eigenvalue weighted by atomic mass is 32.2. The topological polar surface area (TPSA) is 102 Å². The summed E-state index contributed by atoms with van der Waals surface area (Å²) >= 11 is 0. The van der Waals surface area contributed by atoms with E-state index in [1.165, 1.54) is 6.07 Å². The van der Waals surface area contributed by atoms with Crippen LogP contribution in [0.1, 0.15) is 23.1 Å². The summed E-state index contributed by atoms with van der Waals surface area (Å²) in [5.41, 5.74) is 3.72. The first-order valence-corrected chi connectivity index (χ1v) is 10.5. The van der Waals surface area contributed by atoms with Crippen molar-refractivity contribution in [2.45, 2.75) is 32.1 Å². The van der Waals surface area contributed by atoms with Gasteiger partial charge in [0, 0.05) is 18.2 Å². The third kappa shape index (κ3) is 4.33. The lowest BCUT2D eigenvalue weighted by molar-refractivity contribution is -0.118. The average Bonchev–Trinajstić information content (AvgIpc) is 2.62. The second kappa shape index (κ2) is 7.63. The minimum Gasteiger partial charge on any atom is -0.482 e. The van der Waals surface area contributed by atoms with E-state index in [1.807, 2.05) is 26.0 Å². The van der Waals surface area contributed by atoms with E-state index in [0.717, 1.165) is 11.1 Å². The minimum atomic E-state index is -3.69. The van der Waals surface area contributed by atoms with Crippen LogP contribution < -0.4 is 15.4 Å². The zero-order valence-electron chi connectivity index (χ0n) is 16.0. The van der Waals surface area contributed by atoms with Crippen molar-refractivity contribution in [3.05, 3.63) is 47.0 Å². The molecule has 1 aliphatic rings. The molecule has 2 aromatic rings. The molecule has 0 fully saturated rings. The van der Waals surface area contributed by atoms with Gasteiger partial charge in [-0.1, -0.05) is 6.07 Å². The van der Waals surface area contributed by atoms with Crippen LogP contribution in [0.2, 0.25) is 0 Å². The summed E-state index contributed by atoms with van der Waals surface area (Å²) in [7, 11) is -3.69. The van der Waals surface area contributed by atoms with Crippen molar-refractivity contribution >= 4 is 33.0 Å². The Labute approximate surface area is 164 Å². The van der Waals surface area contributed by atoms with Gasteiger partial charge in [0.25, 0.3) is 5.91 Å². The molecule has 0 aliphatic carbocycles. The van der Waals surface area contributed by atoms with Gasteiger partial charge in [-0.3, -0.25) is 9.59 Å². The molecule has 8 heteroatoms. The van der Waals surface area contributed by atoms with E-state index in [-0.39, 0.29) is 35.5 Å². The Kier molecular flexibility index (Phi) is 5.42.